The molecule has 3 aromatic rings. The van der Waals surface area contributed by atoms with Crippen molar-refractivity contribution in [2.45, 2.75) is 18.7 Å². The number of rotatable bonds is 5. The summed E-state index contributed by atoms with van der Waals surface area (Å²) in [4.78, 5) is 4.28. The number of benzene rings is 1. The lowest BCUT2D eigenvalue weighted by molar-refractivity contribution is 0.390. The van der Waals surface area contributed by atoms with Gasteiger partial charge in [-0.2, -0.15) is 0 Å². The molecule has 0 aliphatic heterocycles. The first-order chi connectivity index (χ1) is 12.0. The Morgan fingerprint density at radius 3 is 2.60 bits per heavy atom. The van der Waals surface area contributed by atoms with Gasteiger partial charge in [-0.05, 0) is 49.8 Å². The molecule has 6 nitrogen and oxygen atoms in total. The van der Waals surface area contributed by atoms with Crippen molar-refractivity contribution in [2.24, 2.45) is 0 Å². The second kappa shape index (κ2) is 6.90. The van der Waals surface area contributed by atoms with E-state index in [1.807, 2.05) is 36.4 Å². The van der Waals surface area contributed by atoms with E-state index in [4.69, 9.17) is 4.52 Å². The second-order valence-electron chi connectivity index (χ2n) is 5.47. The summed E-state index contributed by atoms with van der Waals surface area (Å²) in [5, 5.41) is 3.69. The summed E-state index contributed by atoms with van der Waals surface area (Å²) in [6.45, 7) is 3.16. The van der Waals surface area contributed by atoms with Crippen molar-refractivity contribution in [1.29, 1.82) is 0 Å². The molecule has 0 saturated carbocycles. The summed E-state index contributed by atoms with van der Waals surface area (Å²) in [6, 6.07) is 12.7. The van der Waals surface area contributed by atoms with E-state index in [0.29, 0.717) is 11.4 Å². The number of nitrogens with zero attached hydrogens (tertiary/aromatic N) is 2. The normalized spacial score (nSPS) is 11.8. The zero-order chi connectivity index (χ0) is 17.9. The zero-order valence-corrected chi connectivity index (χ0v) is 14.6. The molecule has 2 heterocycles. The third-order valence-corrected chi connectivity index (χ3v) is 5.13. The highest BCUT2D eigenvalue weighted by atomic mass is 32.2. The Bertz CT molecular complexity index is 990. The van der Waals surface area contributed by atoms with E-state index >= 15 is 0 Å². The Balaban J connectivity index is 1.84. The third kappa shape index (κ3) is 3.95. The fourth-order valence-electron chi connectivity index (χ4n) is 2.43. The fraction of sp³-hybridized carbons (Fsp3) is 0.111. The number of sulfonamides is 1. The Labute approximate surface area is 146 Å². The molecule has 0 radical (unpaired) electrons. The Hall–Kier alpha value is -2.93. The lowest BCUT2D eigenvalue weighted by atomic mass is 10.2. The van der Waals surface area contributed by atoms with Crippen LogP contribution >= 0.6 is 0 Å². The highest BCUT2D eigenvalue weighted by molar-refractivity contribution is 7.92. The van der Waals surface area contributed by atoms with E-state index in [0.717, 1.165) is 11.3 Å². The predicted octanol–water partition coefficient (Wildman–Crippen LogP) is 3.66. The van der Waals surface area contributed by atoms with Gasteiger partial charge in [0, 0.05) is 11.9 Å². The molecule has 128 valence electrons. The van der Waals surface area contributed by atoms with Crippen LogP contribution in [0.25, 0.3) is 12.2 Å². The van der Waals surface area contributed by atoms with Gasteiger partial charge in [-0.25, -0.2) is 8.42 Å². The van der Waals surface area contributed by atoms with Gasteiger partial charge in [0.1, 0.15) is 5.69 Å². The third-order valence-electron chi connectivity index (χ3n) is 3.51. The maximum Gasteiger partial charge on any atom is 0.267 e. The minimum absolute atomic E-state index is 0.0712. The van der Waals surface area contributed by atoms with Crippen LogP contribution in [0.2, 0.25) is 0 Å². The van der Waals surface area contributed by atoms with Crippen molar-refractivity contribution in [3.63, 3.8) is 0 Å². The Morgan fingerprint density at radius 1 is 1.08 bits per heavy atom. The number of pyridine rings is 1. The van der Waals surface area contributed by atoms with Crippen LogP contribution in [0.5, 0.6) is 0 Å². The van der Waals surface area contributed by atoms with Crippen molar-refractivity contribution in [1.82, 2.24) is 10.1 Å². The van der Waals surface area contributed by atoms with Crippen LogP contribution in [0.1, 0.15) is 22.7 Å². The molecule has 3 rings (SSSR count). The first-order valence-corrected chi connectivity index (χ1v) is 9.09. The predicted molar refractivity (Wildman–Crippen MR) is 96.4 cm³/mol. The van der Waals surface area contributed by atoms with Crippen LogP contribution in [0, 0.1) is 13.8 Å². The molecule has 2 aromatic heterocycles. The van der Waals surface area contributed by atoms with Gasteiger partial charge in [-0.3, -0.25) is 9.71 Å². The molecule has 7 heteroatoms. The summed E-state index contributed by atoms with van der Waals surface area (Å²) in [5.41, 5.74) is 2.47. The molecular formula is C18H17N3O3S. The Morgan fingerprint density at radius 2 is 1.92 bits per heavy atom. The molecule has 1 aromatic carbocycles. The van der Waals surface area contributed by atoms with Gasteiger partial charge in [-0.15, -0.1) is 0 Å². The van der Waals surface area contributed by atoms with Gasteiger partial charge < -0.3 is 4.52 Å². The van der Waals surface area contributed by atoms with E-state index in [1.54, 1.807) is 38.2 Å². The van der Waals surface area contributed by atoms with E-state index in [9.17, 15) is 8.42 Å². The molecule has 0 fully saturated rings. The lowest BCUT2D eigenvalue weighted by Crippen LogP contribution is -2.14. The van der Waals surface area contributed by atoms with Crippen LogP contribution in [0.4, 0.5) is 5.69 Å². The summed E-state index contributed by atoms with van der Waals surface area (Å²) in [7, 11) is -3.76. The largest absolute Gasteiger partial charge is 0.360 e. The molecule has 0 spiro atoms. The molecule has 1 N–H and O–H groups in total. The molecule has 25 heavy (non-hydrogen) atoms. The first kappa shape index (κ1) is 16.9. The van der Waals surface area contributed by atoms with Gasteiger partial charge in [0.2, 0.25) is 0 Å². The van der Waals surface area contributed by atoms with Gasteiger partial charge in [0.05, 0.1) is 5.69 Å². The SMILES string of the molecule is Cc1noc(C)c1S(=O)(=O)Nc1cccc(/C=C/c2ccccn2)c1. The monoisotopic (exact) mass is 355 g/mol. The fourth-order valence-corrected chi connectivity index (χ4v) is 3.81. The average molecular weight is 355 g/mol. The van der Waals surface area contributed by atoms with Crippen LogP contribution in [0.3, 0.4) is 0 Å². The summed E-state index contributed by atoms with van der Waals surface area (Å²) >= 11 is 0. The number of hydrogen-bond acceptors (Lipinski definition) is 5. The van der Waals surface area contributed by atoms with E-state index in [1.165, 1.54) is 0 Å². The van der Waals surface area contributed by atoms with Crippen LogP contribution in [-0.4, -0.2) is 18.6 Å². The molecule has 0 atom stereocenters. The molecule has 0 saturated heterocycles. The molecule has 0 amide bonds. The van der Waals surface area contributed by atoms with E-state index < -0.39 is 10.0 Å². The number of nitrogens with one attached hydrogen (secondary N) is 1. The first-order valence-electron chi connectivity index (χ1n) is 7.60. The van der Waals surface area contributed by atoms with Crippen LogP contribution in [-0.2, 0) is 10.0 Å². The second-order valence-corrected chi connectivity index (χ2v) is 7.09. The molecule has 0 bridgehead atoms. The summed E-state index contributed by atoms with van der Waals surface area (Å²) in [6.07, 6.45) is 5.45. The van der Waals surface area contributed by atoms with Gasteiger partial charge in [0.25, 0.3) is 10.0 Å². The average Bonchev–Trinajstić information content (AvgIpc) is 2.93. The highest BCUT2D eigenvalue weighted by Gasteiger charge is 2.24. The molecule has 0 unspecified atom stereocenters. The summed E-state index contributed by atoms with van der Waals surface area (Å²) in [5.74, 6) is 0.260. The number of aromatic nitrogens is 2. The van der Waals surface area contributed by atoms with Gasteiger partial charge in [0.15, 0.2) is 10.7 Å². The van der Waals surface area contributed by atoms with Crippen LogP contribution < -0.4 is 4.72 Å². The molecule has 0 aliphatic carbocycles. The van der Waals surface area contributed by atoms with Gasteiger partial charge in [-0.1, -0.05) is 29.4 Å². The van der Waals surface area contributed by atoms with Crippen molar-refractivity contribution < 1.29 is 12.9 Å². The van der Waals surface area contributed by atoms with Crippen molar-refractivity contribution >= 4 is 27.9 Å². The maximum absolute atomic E-state index is 12.6. The van der Waals surface area contributed by atoms with E-state index in [-0.39, 0.29) is 10.7 Å². The van der Waals surface area contributed by atoms with E-state index in [2.05, 4.69) is 14.9 Å². The van der Waals surface area contributed by atoms with Crippen LogP contribution in [0.15, 0.2) is 58.1 Å². The summed E-state index contributed by atoms with van der Waals surface area (Å²) < 4.78 is 32.6. The smallest absolute Gasteiger partial charge is 0.267 e. The lowest BCUT2D eigenvalue weighted by Gasteiger charge is -2.08. The number of hydrogen-bond donors (Lipinski definition) is 1. The van der Waals surface area contributed by atoms with Crippen molar-refractivity contribution in [2.75, 3.05) is 4.72 Å². The quantitative estimate of drug-likeness (QED) is 0.755. The minimum atomic E-state index is -3.76. The van der Waals surface area contributed by atoms with Gasteiger partial charge >= 0.3 is 0 Å². The minimum Gasteiger partial charge on any atom is -0.360 e. The Kier molecular flexibility index (Phi) is 4.67. The maximum atomic E-state index is 12.6. The highest BCUT2D eigenvalue weighted by Crippen LogP contribution is 2.23. The standard InChI is InChI=1S/C18H17N3O3S/c1-13-18(14(2)24-20-13)25(22,23)21-17-8-5-6-15(12-17)9-10-16-7-3-4-11-19-16/h3-12,21H,1-2H3/b10-9+. The number of anilines is 1. The van der Waals surface area contributed by atoms with Crippen molar-refractivity contribution in [3.05, 3.63) is 71.4 Å². The molecular weight excluding hydrogens is 338 g/mol. The molecule has 0 aliphatic rings. The zero-order valence-electron chi connectivity index (χ0n) is 13.8. The van der Waals surface area contributed by atoms with Crippen molar-refractivity contribution in [3.8, 4) is 0 Å². The topological polar surface area (TPSA) is 85.1 Å². The number of aryl methyl sites for hydroxylation is 2.